The molecule has 0 radical (unpaired) electrons. The molecule has 1 N–H and O–H groups in total. The van der Waals surface area contributed by atoms with E-state index in [9.17, 15) is 4.79 Å². The lowest BCUT2D eigenvalue weighted by Gasteiger charge is -2.25. The highest BCUT2D eigenvalue weighted by atomic mass is 32.1. The number of ether oxygens (including phenoxy) is 1. The zero-order valence-corrected chi connectivity index (χ0v) is 10.9. The molecular weight excluding hydrogens is 236 g/mol. The summed E-state index contributed by atoms with van der Waals surface area (Å²) in [5, 5.41) is 6.16. The fraction of sp³-hybridized carbons (Fsp3) is 0.667. The summed E-state index contributed by atoms with van der Waals surface area (Å²) in [6.45, 7) is 3.24. The lowest BCUT2D eigenvalue weighted by molar-refractivity contribution is -0.142. The van der Waals surface area contributed by atoms with Crippen molar-refractivity contribution in [2.45, 2.75) is 32.6 Å². The molecule has 0 saturated heterocycles. The molecular formula is C12H18N2O2S. The number of nitrogens with zero attached hydrogens (tertiary/aromatic N) is 1. The second-order valence-electron chi connectivity index (χ2n) is 4.30. The fourth-order valence-corrected chi connectivity index (χ4v) is 2.48. The van der Waals surface area contributed by atoms with Crippen LogP contribution in [0.1, 0.15) is 31.9 Å². The molecule has 17 heavy (non-hydrogen) atoms. The van der Waals surface area contributed by atoms with Crippen LogP contribution in [0.4, 0.5) is 5.13 Å². The first kappa shape index (κ1) is 12.4. The Morgan fingerprint density at radius 1 is 1.65 bits per heavy atom. The summed E-state index contributed by atoms with van der Waals surface area (Å²) < 4.78 is 4.89. The quantitative estimate of drug-likeness (QED) is 0.792. The van der Waals surface area contributed by atoms with Gasteiger partial charge in [0.2, 0.25) is 0 Å². The minimum Gasteiger partial charge on any atom is -0.466 e. The lowest BCUT2D eigenvalue weighted by Crippen LogP contribution is -2.20. The van der Waals surface area contributed by atoms with Crippen molar-refractivity contribution in [1.29, 1.82) is 0 Å². The minimum atomic E-state index is -0.205. The molecule has 1 aromatic rings. The number of rotatable bonds is 6. The van der Waals surface area contributed by atoms with Crippen molar-refractivity contribution in [3.63, 3.8) is 0 Å². The smallest absolute Gasteiger partial charge is 0.311 e. The first-order chi connectivity index (χ1) is 8.28. The van der Waals surface area contributed by atoms with E-state index >= 15 is 0 Å². The molecule has 1 saturated carbocycles. The second kappa shape index (κ2) is 6.00. The summed E-state index contributed by atoms with van der Waals surface area (Å²) in [6, 6.07) is 0. The van der Waals surface area contributed by atoms with E-state index in [2.05, 4.69) is 10.3 Å². The molecule has 0 aromatic carbocycles. The van der Waals surface area contributed by atoms with Crippen LogP contribution in [0.15, 0.2) is 5.38 Å². The number of nitrogens with one attached hydrogen (secondary N) is 1. The Morgan fingerprint density at radius 3 is 3.12 bits per heavy atom. The Hall–Kier alpha value is -1.10. The average molecular weight is 254 g/mol. The van der Waals surface area contributed by atoms with Crippen molar-refractivity contribution in [3.8, 4) is 0 Å². The van der Waals surface area contributed by atoms with Gasteiger partial charge in [0, 0.05) is 11.9 Å². The van der Waals surface area contributed by atoms with E-state index in [1.807, 2.05) is 12.3 Å². The summed E-state index contributed by atoms with van der Waals surface area (Å²) >= 11 is 1.56. The topological polar surface area (TPSA) is 51.2 Å². The van der Waals surface area contributed by atoms with Crippen LogP contribution < -0.4 is 5.32 Å². The fourth-order valence-electron chi connectivity index (χ4n) is 1.76. The maximum Gasteiger partial charge on any atom is 0.311 e. The van der Waals surface area contributed by atoms with Gasteiger partial charge >= 0.3 is 5.97 Å². The van der Waals surface area contributed by atoms with Crippen molar-refractivity contribution in [1.82, 2.24) is 4.98 Å². The van der Waals surface area contributed by atoms with Gasteiger partial charge in [-0.2, -0.15) is 0 Å². The van der Waals surface area contributed by atoms with Gasteiger partial charge in [0.25, 0.3) is 0 Å². The van der Waals surface area contributed by atoms with E-state index in [1.165, 1.54) is 19.3 Å². The molecule has 5 heteroatoms. The number of anilines is 1. The highest BCUT2D eigenvalue weighted by Gasteiger charge is 2.17. The Labute approximate surface area is 105 Å². The molecule has 1 aliphatic carbocycles. The summed E-state index contributed by atoms with van der Waals surface area (Å²) in [5.74, 6) is 0.607. The lowest BCUT2D eigenvalue weighted by atomic mass is 9.86. The molecule has 0 aliphatic heterocycles. The van der Waals surface area contributed by atoms with E-state index in [1.54, 1.807) is 11.3 Å². The highest BCUT2D eigenvalue weighted by Crippen LogP contribution is 2.27. The van der Waals surface area contributed by atoms with Crippen LogP contribution >= 0.6 is 11.3 Å². The molecule has 0 atom stereocenters. The first-order valence-corrected chi connectivity index (χ1v) is 6.99. The maximum absolute atomic E-state index is 11.3. The zero-order valence-electron chi connectivity index (χ0n) is 10.1. The van der Waals surface area contributed by atoms with Crippen molar-refractivity contribution >= 4 is 22.4 Å². The molecule has 0 bridgehead atoms. The Morgan fingerprint density at radius 2 is 2.47 bits per heavy atom. The van der Waals surface area contributed by atoms with Gasteiger partial charge in [0.1, 0.15) is 0 Å². The van der Waals surface area contributed by atoms with E-state index in [0.29, 0.717) is 6.61 Å². The van der Waals surface area contributed by atoms with Crippen molar-refractivity contribution in [2.75, 3.05) is 18.5 Å². The number of thiazole rings is 1. The summed E-state index contributed by atoms with van der Waals surface area (Å²) in [6.07, 6.45) is 4.29. The molecule has 1 aliphatic rings. The van der Waals surface area contributed by atoms with Gasteiger partial charge < -0.3 is 10.1 Å². The van der Waals surface area contributed by atoms with Gasteiger partial charge in [0.15, 0.2) is 5.13 Å². The second-order valence-corrected chi connectivity index (χ2v) is 5.16. The number of hydrogen-bond donors (Lipinski definition) is 1. The van der Waals surface area contributed by atoms with Gasteiger partial charge in [0.05, 0.1) is 18.7 Å². The molecule has 0 unspecified atom stereocenters. The van der Waals surface area contributed by atoms with Crippen LogP contribution in [-0.4, -0.2) is 24.1 Å². The van der Waals surface area contributed by atoms with Gasteiger partial charge in [-0.3, -0.25) is 4.79 Å². The molecule has 2 rings (SSSR count). The van der Waals surface area contributed by atoms with E-state index in [0.717, 1.165) is 23.3 Å². The molecule has 1 fully saturated rings. The largest absolute Gasteiger partial charge is 0.466 e. The third-order valence-corrected chi connectivity index (χ3v) is 3.80. The van der Waals surface area contributed by atoms with Crippen LogP contribution in [0.3, 0.4) is 0 Å². The number of carbonyl (C=O) groups is 1. The first-order valence-electron chi connectivity index (χ1n) is 6.12. The molecule has 4 nitrogen and oxygen atoms in total. The van der Waals surface area contributed by atoms with Crippen molar-refractivity contribution < 1.29 is 9.53 Å². The zero-order chi connectivity index (χ0) is 12.1. The SMILES string of the molecule is CCOC(=O)Cc1csc(NCC2CCC2)n1. The number of esters is 1. The van der Waals surface area contributed by atoms with E-state index in [4.69, 9.17) is 4.74 Å². The maximum atomic E-state index is 11.3. The third kappa shape index (κ3) is 3.70. The average Bonchev–Trinajstić information content (AvgIpc) is 2.63. The minimum absolute atomic E-state index is 0.205. The number of carbonyl (C=O) groups excluding carboxylic acids is 1. The van der Waals surface area contributed by atoms with Crippen LogP contribution in [-0.2, 0) is 16.0 Å². The predicted octanol–water partition coefficient (Wildman–Crippen LogP) is 2.46. The summed E-state index contributed by atoms with van der Waals surface area (Å²) in [5.41, 5.74) is 0.796. The van der Waals surface area contributed by atoms with Gasteiger partial charge in [-0.15, -0.1) is 11.3 Å². The van der Waals surface area contributed by atoms with Crippen LogP contribution in [0.5, 0.6) is 0 Å². The molecule has 0 amide bonds. The number of aromatic nitrogens is 1. The van der Waals surface area contributed by atoms with E-state index < -0.39 is 0 Å². The third-order valence-electron chi connectivity index (χ3n) is 2.95. The van der Waals surface area contributed by atoms with Crippen LogP contribution in [0, 0.1) is 5.92 Å². The summed E-state index contributed by atoms with van der Waals surface area (Å²) in [7, 11) is 0. The molecule has 1 heterocycles. The molecule has 0 spiro atoms. The number of hydrogen-bond acceptors (Lipinski definition) is 5. The van der Waals surface area contributed by atoms with Crippen molar-refractivity contribution in [2.24, 2.45) is 5.92 Å². The van der Waals surface area contributed by atoms with Gasteiger partial charge in [-0.1, -0.05) is 6.42 Å². The van der Waals surface area contributed by atoms with Crippen LogP contribution in [0.2, 0.25) is 0 Å². The normalized spacial score (nSPS) is 15.4. The molecule has 94 valence electrons. The summed E-state index contributed by atoms with van der Waals surface area (Å²) in [4.78, 5) is 15.6. The monoisotopic (exact) mass is 254 g/mol. The van der Waals surface area contributed by atoms with E-state index in [-0.39, 0.29) is 12.4 Å². The Kier molecular flexibility index (Phi) is 4.36. The molecule has 1 aromatic heterocycles. The van der Waals surface area contributed by atoms with Crippen LogP contribution in [0.25, 0.3) is 0 Å². The predicted molar refractivity (Wildman–Crippen MR) is 68.3 cm³/mol. The Balaban J connectivity index is 1.76. The van der Waals surface area contributed by atoms with Gasteiger partial charge in [-0.25, -0.2) is 4.98 Å². The van der Waals surface area contributed by atoms with Gasteiger partial charge in [-0.05, 0) is 25.7 Å². The standard InChI is InChI=1S/C12H18N2O2S/c1-2-16-11(15)6-10-8-17-12(14-10)13-7-9-4-3-5-9/h8-9H,2-7H2,1H3,(H,13,14). The van der Waals surface area contributed by atoms with Crippen molar-refractivity contribution in [3.05, 3.63) is 11.1 Å². The highest BCUT2D eigenvalue weighted by molar-refractivity contribution is 7.13. The Bertz CT molecular complexity index is 374.